The van der Waals surface area contributed by atoms with Gasteiger partial charge >= 0.3 is 10.3 Å². The van der Waals surface area contributed by atoms with E-state index in [0.717, 1.165) is 21.4 Å². The van der Waals surface area contributed by atoms with E-state index in [-0.39, 0.29) is 5.13 Å². The first-order valence-electron chi connectivity index (χ1n) is 4.41. The van der Waals surface area contributed by atoms with Crippen molar-refractivity contribution in [1.82, 2.24) is 4.98 Å². The zero-order valence-corrected chi connectivity index (χ0v) is 11.5. The lowest BCUT2D eigenvalue weighted by Crippen LogP contribution is -2.09. The molecule has 0 bridgehead atoms. The van der Waals surface area contributed by atoms with Crippen LogP contribution in [0.1, 0.15) is 0 Å². The number of hydrogen-bond donors (Lipinski definition) is 2. The van der Waals surface area contributed by atoms with Crippen LogP contribution in [0.15, 0.2) is 34.1 Å². The van der Waals surface area contributed by atoms with Gasteiger partial charge in [-0.25, -0.2) is 9.71 Å². The summed E-state index contributed by atoms with van der Waals surface area (Å²) in [5.41, 5.74) is 1.52. The maximum atomic E-state index is 10.6. The minimum atomic E-state index is -4.26. The molecule has 0 radical (unpaired) electrons. The monoisotopic (exact) mass is 334 g/mol. The van der Waals surface area contributed by atoms with Gasteiger partial charge in [0, 0.05) is 15.4 Å². The fourth-order valence-corrected chi connectivity index (χ4v) is 2.79. The predicted octanol–water partition coefficient (Wildman–Crippen LogP) is 2.79. The summed E-state index contributed by atoms with van der Waals surface area (Å²) >= 11 is 4.42. The SMILES string of the molecule is O=S(=O)(O)Nc1nc(-c2ccc(Br)cc2)cs1. The van der Waals surface area contributed by atoms with Gasteiger partial charge < -0.3 is 0 Å². The standard InChI is InChI=1S/C9H7BrN2O3S2/c10-7-3-1-6(2-4-7)8-5-16-9(11-8)12-17(13,14)15/h1-5H,(H,11,12)(H,13,14,15). The van der Waals surface area contributed by atoms with Crippen LogP contribution in [-0.2, 0) is 10.3 Å². The van der Waals surface area contributed by atoms with E-state index in [9.17, 15) is 8.42 Å². The lowest BCUT2D eigenvalue weighted by atomic mass is 10.2. The second-order valence-electron chi connectivity index (χ2n) is 3.12. The number of nitrogens with zero attached hydrogens (tertiary/aromatic N) is 1. The molecule has 2 aromatic rings. The average Bonchev–Trinajstić information content (AvgIpc) is 2.64. The summed E-state index contributed by atoms with van der Waals surface area (Å²) in [5, 5.41) is 1.84. The summed E-state index contributed by atoms with van der Waals surface area (Å²) in [6.45, 7) is 0. The van der Waals surface area contributed by atoms with E-state index in [1.807, 2.05) is 29.0 Å². The predicted molar refractivity (Wildman–Crippen MR) is 70.4 cm³/mol. The molecule has 0 unspecified atom stereocenters. The highest BCUT2D eigenvalue weighted by atomic mass is 79.9. The minimum absolute atomic E-state index is 0.130. The van der Waals surface area contributed by atoms with Crippen molar-refractivity contribution in [3.63, 3.8) is 0 Å². The molecule has 0 saturated heterocycles. The second-order valence-corrected chi connectivity index (χ2v) is 6.05. The van der Waals surface area contributed by atoms with E-state index >= 15 is 0 Å². The number of anilines is 1. The molecule has 5 nitrogen and oxygen atoms in total. The first-order valence-corrected chi connectivity index (χ1v) is 7.52. The Balaban J connectivity index is 2.27. The highest BCUT2D eigenvalue weighted by Crippen LogP contribution is 2.26. The number of nitrogens with one attached hydrogen (secondary N) is 1. The topological polar surface area (TPSA) is 79.3 Å². The first kappa shape index (κ1) is 12.5. The van der Waals surface area contributed by atoms with Crippen LogP contribution in [0.3, 0.4) is 0 Å². The lowest BCUT2D eigenvalue weighted by Gasteiger charge is -1.97. The molecule has 0 aliphatic carbocycles. The molecule has 0 aliphatic heterocycles. The first-order chi connectivity index (χ1) is 7.94. The van der Waals surface area contributed by atoms with Gasteiger partial charge in [-0.05, 0) is 12.1 Å². The molecule has 8 heteroatoms. The number of benzene rings is 1. The van der Waals surface area contributed by atoms with Crippen LogP contribution in [-0.4, -0.2) is 18.0 Å². The van der Waals surface area contributed by atoms with Crippen molar-refractivity contribution in [2.24, 2.45) is 0 Å². The fraction of sp³-hybridized carbons (Fsp3) is 0. The van der Waals surface area contributed by atoms with Gasteiger partial charge in [-0.1, -0.05) is 28.1 Å². The van der Waals surface area contributed by atoms with Crippen molar-refractivity contribution >= 4 is 42.7 Å². The zero-order chi connectivity index (χ0) is 12.5. The molecule has 2 rings (SSSR count). The Bertz CT molecular complexity index is 622. The Morgan fingerprint density at radius 3 is 2.53 bits per heavy atom. The van der Waals surface area contributed by atoms with Crippen LogP contribution in [0.5, 0.6) is 0 Å². The third kappa shape index (κ3) is 3.50. The van der Waals surface area contributed by atoms with Crippen molar-refractivity contribution < 1.29 is 13.0 Å². The highest BCUT2D eigenvalue weighted by Gasteiger charge is 2.09. The van der Waals surface area contributed by atoms with E-state index in [2.05, 4.69) is 20.9 Å². The number of halogens is 1. The molecule has 0 saturated carbocycles. The van der Waals surface area contributed by atoms with Crippen LogP contribution in [0, 0.1) is 0 Å². The molecule has 0 spiro atoms. The molecule has 0 atom stereocenters. The smallest absolute Gasteiger partial charge is 0.269 e. The van der Waals surface area contributed by atoms with Gasteiger partial charge in [-0.2, -0.15) is 8.42 Å². The second kappa shape index (κ2) is 4.73. The largest absolute Gasteiger partial charge is 0.359 e. The molecule has 90 valence electrons. The van der Waals surface area contributed by atoms with Crippen LogP contribution < -0.4 is 4.72 Å². The number of thiazole rings is 1. The highest BCUT2D eigenvalue weighted by molar-refractivity contribution is 9.10. The maximum absolute atomic E-state index is 10.6. The zero-order valence-electron chi connectivity index (χ0n) is 8.29. The van der Waals surface area contributed by atoms with Gasteiger partial charge in [0.1, 0.15) is 0 Å². The summed E-state index contributed by atoms with van der Waals surface area (Å²) < 4.78 is 32.7. The third-order valence-corrected chi connectivity index (χ3v) is 3.73. The molecule has 0 amide bonds. The van der Waals surface area contributed by atoms with Crippen LogP contribution in [0.2, 0.25) is 0 Å². The summed E-state index contributed by atoms with van der Waals surface area (Å²) in [5.74, 6) is 0. The quantitative estimate of drug-likeness (QED) is 0.846. The van der Waals surface area contributed by atoms with Crippen molar-refractivity contribution in [3.8, 4) is 11.3 Å². The third-order valence-electron chi connectivity index (χ3n) is 1.86. The van der Waals surface area contributed by atoms with Gasteiger partial charge in [-0.3, -0.25) is 4.55 Å². The summed E-state index contributed by atoms with van der Waals surface area (Å²) in [6, 6.07) is 7.45. The summed E-state index contributed by atoms with van der Waals surface area (Å²) in [7, 11) is -4.26. The maximum Gasteiger partial charge on any atom is 0.359 e. The molecule has 1 aromatic carbocycles. The number of rotatable bonds is 3. The van der Waals surface area contributed by atoms with Crippen LogP contribution in [0.25, 0.3) is 11.3 Å². The summed E-state index contributed by atoms with van der Waals surface area (Å²) in [4.78, 5) is 4.05. The molecular weight excluding hydrogens is 328 g/mol. The van der Waals surface area contributed by atoms with Gasteiger partial charge in [0.25, 0.3) is 0 Å². The normalized spacial score (nSPS) is 11.4. The van der Waals surface area contributed by atoms with Crippen LogP contribution >= 0.6 is 27.3 Å². The Kier molecular flexibility index (Phi) is 3.48. The van der Waals surface area contributed by atoms with Crippen LogP contribution in [0.4, 0.5) is 5.13 Å². The van der Waals surface area contributed by atoms with E-state index in [1.54, 1.807) is 5.38 Å². The molecule has 2 N–H and O–H groups in total. The van der Waals surface area contributed by atoms with E-state index in [0.29, 0.717) is 5.69 Å². The Labute approximate surface area is 111 Å². The van der Waals surface area contributed by atoms with E-state index in [1.165, 1.54) is 0 Å². The molecule has 17 heavy (non-hydrogen) atoms. The Hall–Kier alpha value is -0.960. The number of hydrogen-bond acceptors (Lipinski definition) is 4. The van der Waals surface area contributed by atoms with E-state index < -0.39 is 10.3 Å². The van der Waals surface area contributed by atoms with E-state index in [4.69, 9.17) is 4.55 Å². The Morgan fingerprint density at radius 2 is 1.94 bits per heavy atom. The van der Waals surface area contributed by atoms with Gasteiger partial charge in [-0.15, -0.1) is 11.3 Å². The molecule has 0 aliphatic rings. The molecule has 1 aromatic heterocycles. The minimum Gasteiger partial charge on any atom is -0.269 e. The van der Waals surface area contributed by atoms with Crippen molar-refractivity contribution in [2.75, 3.05) is 4.72 Å². The lowest BCUT2D eigenvalue weighted by molar-refractivity contribution is 0.489. The van der Waals surface area contributed by atoms with Crippen molar-refractivity contribution in [1.29, 1.82) is 0 Å². The summed E-state index contributed by atoms with van der Waals surface area (Å²) in [6.07, 6.45) is 0. The molecule has 0 fully saturated rings. The van der Waals surface area contributed by atoms with Gasteiger partial charge in [0.05, 0.1) is 5.69 Å². The number of aromatic nitrogens is 1. The average molecular weight is 335 g/mol. The van der Waals surface area contributed by atoms with Gasteiger partial charge in [0.2, 0.25) is 0 Å². The fourth-order valence-electron chi connectivity index (χ4n) is 1.18. The van der Waals surface area contributed by atoms with Crippen molar-refractivity contribution in [2.45, 2.75) is 0 Å². The molecule has 1 heterocycles. The van der Waals surface area contributed by atoms with Gasteiger partial charge in [0.15, 0.2) is 5.13 Å². The Morgan fingerprint density at radius 1 is 1.29 bits per heavy atom. The van der Waals surface area contributed by atoms with Crippen molar-refractivity contribution in [3.05, 3.63) is 34.1 Å². The molecular formula is C9H7BrN2O3S2.